The van der Waals surface area contributed by atoms with Gasteiger partial charge in [-0.1, -0.05) is 0 Å². The molecular weight excluding hydrogens is 156 g/mol. The first kappa shape index (κ1) is 8.34. The fourth-order valence-electron chi connectivity index (χ4n) is 0.856. The SMILES string of the molecule is CC(OC=O)n1ccc(C#N)c1. The van der Waals surface area contributed by atoms with Gasteiger partial charge in [-0.25, -0.2) is 0 Å². The van der Waals surface area contributed by atoms with E-state index in [1.807, 2.05) is 6.07 Å². The number of rotatable bonds is 3. The molecule has 1 unspecified atom stereocenters. The molecule has 0 aliphatic rings. The van der Waals surface area contributed by atoms with Gasteiger partial charge in [0.05, 0.1) is 5.56 Å². The van der Waals surface area contributed by atoms with Crippen molar-refractivity contribution in [2.45, 2.75) is 13.2 Å². The maximum absolute atomic E-state index is 9.96. The van der Waals surface area contributed by atoms with Crippen molar-refractivity contribution in [1.29, 1.82) is 5.26 Å². The molecule has 0 N–H and O–H groups in total. The first-order valence-electron chi connectivity index (χ1n) is 3.44. The number of ether oxygens (including phenoxy) is 1. The molecule has 0 bridgehead atoms. The fourth-order valence-corrected chi connectivity index (χ4v) is 0.856. The Labute approximate surface area is 70.0 Å². The summed E-state index contributed by atoms with van der Waals surface area (Å²) in [5, 5.41) is 8.49. The third-order valence-electron chi connectivity index (χ3n) is 1.52. The largest absolute Gasteiger partial charge is 0.444 e. The van der Waals surface area contributed by atoms with Crippen LogP contribution in [0.3, 0.4) is 0 Å². The summed E-state index contributed by atoms with van der Waals surface area (Å²) >= 11 is 0. The first-order valence-corrected chi connectivity index (χ1v) is 3.44. The van der Waals surface area contributed by atoms with Gasteiger partial charge in [0.2, 0.25) is 0 Å². The van der Waals surface area contributed by atoms with E-state index in [0.29, 0.717) is 12.0 Å². The highest BCUT2D eigenvalue weighted by Crippen LogP contribution is 2.08. The predicted molar refractivity (Wildman–Crippen MR) is 41.0 cm³/mol. The Morgan fingerprint density at radius 3 is 3.08 bits per heavy atom. The van der Waals surface area contributed by atoms with Crippen LogP contribution in [0.1, 0.15) is 18.7 Å². The Morgan fingerprint density at radius 1 is 1.83 bits per heavy atom. The number of carbonyl (C=O) groups is 1. The number of carbonyl (C=O) groups excluding carboxylic acids is 1. The van der Waals surface area contributed by atoms with Crippen LogP contribution in [0.4, 0.5) is 0 Å². The summed E-state index contributed by atoms with van der Waals surface area (Å²) in [7, 11) is 0. The van der Waals surface area contributed by atoms with Crippen molar-refractivity contribution in [2.75, 3.05) is 0 Å². The van der Waals surface area contributed by atoms with Gasteiger partial charge in [-0.05, 0) is 13.0 Å². The molecule has 0 amide bonds. The van der Waals surface area contributed by atoms with E-state index in [2.05, 4.69) is 4.74 Å². The number of nitriles is 1. The lowest BCUT2D eigenvalue weighted by Gasteiger charge is -2.09. The van der Waals surface area contributed by atoms with Crippen molar-refractivity contribution in [3.05, 3.63) is 24.0 Å². The molecule has 1 aromatic rings. The highest BCUT2D eigenvalue weighted by atomic mass is 16.5. The summed E-state index contributed by atoms with van der Waals surface area (Å²) in [4.78, 5) is 9.96. The molecule has 4 nitrogen and oxygen atoms in total. The van der Waals surface area contributed by atoms with Crippen molar-refractivity contribution < 1.29 is 9.53 Å². The molecule has 0 aliphatic heterocycles. The van der Waals surface area contributed by atoms with Gasteiger partial charge in [0.1, 0.15) is 6.07 Å². The molecule has 62 valence electrons. The van der Waals surface area contributed by atoms with E-state index in [1.165, 1.54) is 0 Å². The zero-order valence-corrected chi connectivity index (χ0v) is 6.60. The fraction of sp³-hybridized carbons (Fsp3) is 0.250. The molecule has 0 spiro atoms. The van der Waals surface area contributed by atoms with Crippen molar-refractivity contribution in [3.63, 3.8) is 0 Å². The van der Waals surface area contributed by atoms with Crippen LogP contribution in [-0.4, -0.2) is 11.0 Å². The minimum atomic E-state index is -0.357. The Bertz CT molecular complexity index is 311. The lowest BCUT2D eigenvalue weighted by atomic mass is 10.4. The standard InChI is InChI=1S/C8H8N2O2/c1-7(12-6-11)10-3-2-8(4-9)5-10/h2-3,5-7H,1H3. The summed E-state index contributed by atoms with van der Waals surface area (Å²) in [6, 6.07) is 3.64. The first-order chi connectivity index (χ1) is 5.77. The van der Waals surface area contributed by atoms with Gasteiger partial charge in [-0.3, -0.25) is 4.79 Å². The molecule has 0 aliphatic carbocycles. The normalized spacial score (nSPS) is 11.7. The summed E-state index contributed by atoms with van der Waals surface area (Å²) in [5.74, 6) is 0. The van der Waals surface area contributed by atoms with Crippen LogP contribution in [0.5, 0.6) is 0 Å². The van der Waals surface area contributed by atoms with Crippen LogP contribution < -0.4 is 0 Å². The molecule has 1 atom stereocenters. The van der Waals surface area contributed by atoms with E-state index in [9.17, 15) is 4.79 Å². The van der Waals surface area contributed by atoms with Gasteiger partial charge < -0.3 is 9.30 Å². The number of hydrogen-bond acceptors (Lipinski definition) is 3. The van der Waals surface area contributed by atoms with Gasteiger partial charge >= 0.3 is 0 Å². The summed E-state index contributed by atoms with van der Waals surface area (Å²) in [6.07, 6.45) is 2.95. The zero-order chi connectivity index (χ0) is 8.97. The van der Waals surface area contributed by atoms with Gasteiger partial charge in [0, 0.05) is 12.4 Å². The molecule has 0 radical (unpaired) electrons. The smallest absolute Gasteiger partial charge is 0.295 e. The second kappa shape index (κ2) is 3.58. The second-order valence-corrected chi connectivity index (χ2v) is 2.29. The van der Waals surface area contributed by atoms with Crippen LogP contribution in [-0.2, 0) is 9.53 Å². The summed E-state index contributed by atoms with van der Waals surface area (Å²) in [5.41, 5.74) is 0.552. The average molecular weight is 164 g/mol. The molecular formula is C8H8N2O2. The van der Waals surface area contributed by atoms with E-state index in [-0.39, 0.29) is 6.23 Å². The quantitative estimate of drug-likeness (QED) is 0.627. The van der Waals surface area contributed by atoms with Gasteiger partial charge in [-0.15, -0.1) is 0 Å². The molecule has 1 aromatic heterocycles. The van der Waals surface area contributed by atoms with Crippen LogP contribution in [0.15, 0.2) is 18.5 Å². The monoisotopic (exact) mass is 164 g/mol. The number of nitrogens with zero attached hydrogens (tertiary/aromatic N) is 2. The van der Waals surface area contributed by atoms with Crippen LogP contribution in [0.25, 0.3) is 0 Å². The highest BCUT2D eigenvalue weighted by molar-refractivity contribution is 5.37. The molecule has 4 heteroatoms. The van der Waals surface area contributed by atoms with Gasteiger partial charge in [0.15, 0.2) is 6.23 Å². The van der Waals surface area contributed by atoms with Gasteiger partial charge in [-0.2, -0.15) is 5.26 Å². The molecule has 12 heavy (non-hydrogen) atoms. The minimum Gasteiger partial charge on any atom is -0.444 e. The topological polar surface area (TPSA) is 55.0 Å². The Kier molecular flexibility index (Phi) is 2.49. The van der Waals surface area contributed by atoms with E-state index in [4.69, 9.17) is 5.26 Å². The van der Waals surface area contributed by atoms with Crippen LogP contribution >= 0.6 is 0 Å². The van der Waals surface area contributed by atoms with Crippen molar-refractivity contribution in [1.82, 2.24) is 4.57 Å². The minimum absolute atomic E-state index is 0.357. The molecule has 0 saturated carbocycles. The lowest BCUT2D eigenvalue weighted by Crippen LogP contribution is -2.05. The molecule has 0 saturated heterocycles. The lowest BCUT2D eigenvalue weighted by molar-refractivity contribution is -0.136. The third kappa shape index (κ3) is 1.64. The average Bonchev–Trinajstić information content (AvgIpc) is 2.52. The molecule has 1 heterocycles. The summed E-state index contributed by atoms with van der Waals surface area (Å²) in [6.45, 7) is 2.10. The number of aromatic nitrogens is 1. The maximum atomic E-state index is 9.96. The highest BCUT2D eigenvalue weighted by Gasteiger charge is 2.03. The molecule has 0 aromatic carbocycles. The van der Waals surface area contributed by atoms with Crippen molar-refractivity contribution >= 4 is 6.47 Å². The van der Waals surface area contributed by atoms with E-state index < -0.39 is 0 Å². The molecule has 0 fully saturated rings. The van der Waals surface area contributed by atoms with Crippen molar-refractivity contribution in [2.24, 2.45) is 0 Å². The van der Waals surface area contributed by atoms with Crippen molar-refractivity contribution in [3.8, 4) is 6.07 Å². The maximum Gasteiger partial charge on any atom is 0.295 e. The summed E-state index contributed by atoms with van der Waals surface area (Å²) < 4.78 is 6.30. The Balaban J connectivity index is 2.75. The predicted octanol–water partition coefficient (Wildman–Crippen LogP) is 1.05. The Morgan fingerprint density at radius 2 is 2.58 bits per heavy atom. The number of hydrogen-bond donors (Lipinski definition) is 0. The Hall–Kier alpha value is -1.76. The second-order valence-electron chi connectivity index (χ2n) is 2.29. The molecule has 1 rings (SSSR count). The van der Waals surface area contributed by atoms with Gasteiger partial charge in [0.25, 0.3) is 6.47 Å². The van der Waals surface area contributed by atoms with Crippen LogP contribution in [0, 0.1) is 11.3 Å². The van der Waals surface area contributed by atoms with Crippen LogP contribution in [0.2, 0.25) is 0 Å². The zero-order valence-electron chi connectivity index (χ0n) is 6.60. The van der Waals surface area contributed by atoms with E-state index in [0.717, 1.165) is 0 Å². The van der Waals surface area contributed by atoms with E-state index >= 15 is 0 Å². The van der Waals surface area contributed by atoms with E-state index in [1.54, 1.807) is 30.0 Å². The third-order valence-corrected chi connectivity index (χ3v) is 1.52.